The number of nitrogens with zero attached hydrogens (tertiary/aromatic N) is 1. The van der Waals surface area contributed by atoms with Gasteiger partial charge in [-0.3, -0.25) is 9.59 Å². The molecule has 1 aliphatic rings. The van der Waals surface area contributed by atoms with Gasteiger partial charge in [-0.15, -0.1) is 0 Å². The van der Waals surface area contributed by atoms with Gasteiger partial charge in [-0.05, 0) is 50.2 Å². The molecule has 0 saturated carbocycles. The number of nitrogens with one attached hydrogen (secondary N) is 1. The molecule has 2 aromatic rings. The largest absolute Gasteiger partial charge is 0.417 e. The molecule has 2 aromatic carbocycles. The van der Waals surface area contributed by atoms with Crippen LogP contribution in [-0.4, -0.2) is 30.6 Å². The van der Waals surface area contributed by atoms with Gasteiger partial charge in [0.1, 0.15) is 4.90 Å². The van der Waals surface area contributed by atoms with Gasteiger partial charge in [0.25, 0.3) is 21.8 Å². The maximum absolute atomic E-state index is 13.0. The Balaban J connectivity index is 1.94. The van der Waals surface area contributed by atoms with E-state index >= 15 is 0 Å². The van der Waals surface area contributed by atoms with Crippen LogP contribution in [0, 0.1) is 0 Å². The second kappa shape index (κ2) is 7.13. The van der Waals surface area contributed by atoms with Crippen molar-refractivity contribution in [1.82, 2.24) is 4.31 Å². The number of hydrogen-bond donors (Lipinski definition) is 1. The molecule has 11 heteroatoms. The van der Waals surface area contributed by atoms with Crippen molar-refractivity contribution in [3.05, 3.63) is 57.6 Å². The third-order valence-electron chi connectivity index (χ3n) is 4.21. The van der Waals surface area contributed by atoms with E-state index < -0.39 is 39.6 Å². The number of anilines is 1. The number of alkyl halides is 3. The molecule has 2 amide bonds. The zero-order valence-electron chi connectivity index (χ0n) is 15.0. The Kier molecular flexibility index (Phi) is 5.24. The van der Waals surface area contributed by atoms with Crippen molar-refractivity contribution in [2.45, 2.75) is 31.0 Å². The second-order valence-corrected chi connectivity index (χ2v) is 9.19. The summed E-state index contributed by atoms with van der Waals surface area (Å²) in [6, 6.07) is 6.07. The van der Waals surface area contributed by atoms with Crippen LogP contribution in [0.2, 0.25) is 0 Å². The van der Waals surface area contributed by atoms with E-state index in [9.17, 15) is 31.2 Å². The third-order valence-corrected chi connectivity index (χ3v) is 6.90. The number of sulfonamides is 1. The van der Waals surface area contributed by atoms with E-state index in [0.717, 1.165) is 22.5 Å². The number of hydrogen-bond acceptors (Lipinski definition) is 4. The maximum Gasteiger partial charge on any atom is 0.417 e. The summed E-state index contributed by atoms with van der Waals surface area (Å²) >= 11 is 2.81. The van der Waals surface area contributed by atoms with Gasteiger partial charge in [-0.25, -0.2) is 12.7 Å². The number of benzene rings is 2. The fourth-order valence-electron chi connectivity index (χ4n) is 2.92. The van der Waals surface area contributed by atoms with E-state index in [0.29, 0.717) is 0 Å². The van der Waals surface area contributed by atoms with Gasteiger partial charge in [0.2, 0.25) is 0 Å². The lowest BCUT2D eigenvalue weighted by atomic mass is 10.1. The van der Waals surface area contributed by atoms with Crippen LogP contribution in [0.4, 0.5) is 18.9 Å². The van der Waals surface area contributed by atoms with Crippen LogP contribution >= 0.6 is 15.9 Å². The summed E-state index contributed by atoms with van der Waals surface area (Å²) in [5.41, 5.74) is -1.25. The molecule has 0 aromatic heterocycles. The summed E-state index contributed by atoms with van der Waals surface area (Å²) in [7, 11) is -4.11. The van der Waals surface area contributed by atoms with Crippen LogP contribution in [0.1, 0.15) is 40.1 Å². The normalized spacial score (nSPS) is 15.6. The Morgan fingerprint density at radius 2 is 1.79 bits per heavy atom. The highest BCUT2D eigenvalue weighted by molar-refractivity contribution is 9.10. The van der Waals surface area contributed by atoms with E-state index in [4.69, 9.17) is 0 Å². The minimum Gasteiger partial charge on any atom is -0.322 e. The highest BCUT2D eigenvalue weighted by Crippen LogP contribution is 2.37. The van der Waals surface area contributed by atoms with Crippen LogP contribution in [0.3, 0.4) is 0 Å². The van der Waals surface area contributed by atoms with Crippen LogP contribution in [-0.2, 0) is 16.2 Å². The van der Waals surface area contributed by atoms with Crippen molar-refractivity contribution in [1.29, 1.82) is 0 Å². The van der Waals surface area contributed by atoms with E-state index in [2.05, 4.69) is 21.2 Å². The molecule has 0 radical (unpaired) electrons. The van der Waals surface area contributed by atoms with Crippen LogP contribution in [0.5, 0.6) is 0 Å². The lowest BCUT2D eigenvalue weighted by Gasteiger charge is -2.18. The molecule has 1 N–H and O–H groups in total. The molecular formula is C18H14BrF3N2O4S. The van der Waals surface area contributed by atoms with Crippen molar-refractivity contribution in [2.75, 3.05) is 5.32 Å². The van der Waals surface area contributed by atoms with Gasteiger partial charge in [-0.1, -0.05) is 15.9 Å². The minimum atomic E-state index is -4.62. The van der Waals surface area contributed by atoms with Crippen molar-refractivity contribution < 1.29 is 31.2 Å². The average Bonchev–Trinajstić information content (AvgIpc) is 2.81. The molecular weight excluding hydrogens is 477 g/mol. The van der Waals surface area contributed by atoms with Gasteiger partial charge >= 0.3 is 6.18 Å². The zero-order valence-corrected chi connectivity index (χ0v) is 17.4. The summed E-state index contributed by atoms with van der Waals surface area (Å²) in [4.78, 5) is 24.5. The van der Waals surface area contributed by atoms with E-state index in [1.807, 2.05) is 0 Å². The predicted molar refractivity (Wildman–Crippen MR) is 102 cm³/mol. The highest BCUT2D eigenvalue weighted by atomic mass is 79.9. The summed E-state index contributed by atoms with van der Waals surface area (Å²) < 4.78 is 64.8. The van der Waals surface area contributed by atoms with Crippen molar-refractivity contribution >= 4 is 43.5 Å². The maximum atomic E-state index is 13.0. The standard InChI is InChI=1S/C18H14BrF3N2O4S/c1-9(2)24-17(26)12-5-3-10(7-15(12)29(24,27)28)16(25)23-11-4-6-14(19)13(8-11)18(20,21)22/h3-9H,1-2H3,(H,23,25). The molecule has 0 fully saturated rings. The first-order valence-electron chi connectivity index (χ1n) is 8.25. The fourth-order valence-corrected chi connectivity index (χ4v) is 5.19. The Bertz CT molecular complexity index is 1130. The van der Waals surface area contributed by atoms with Gasteiger partial charge in [0.05, 0.1) is 11.1 Å². The van der Waals surface area contributed by atoms with Crippen molar-refractivity contribution in [3.63, 3.8) is 0 Å². The minimum absolute atomic E-state index is 0.0572. The first kappa shape index (κ1) is 21.3. The summed E-state index contributed by atoms with van der Waals surface area (Å²) in [5.74, 6) is -1.50. The molecule has 1 aliphatic heterocycles. The average molecular weight is 491 g/mol. The van der Waals surface area contributed by atoms with Crippen LogP contribution in [0.25, 0.3) is 0 Å². The first-order valence-corrected chi connectivity index (χ1v) is 10.5. The lowest BCUT2D eigenvalue weighted by molar-refractivity contribution is -0.138. The summed E-state index contributed by atoms with van der Waals surface area (Å²) in [6.07, 6.45) is -4.62. The molecule has 3 rings (SSSR count). The molecule has 1 heterocycles. The fraction of sp³-hybridized carbons (Fsp3) is 0.222. The molecule has 29 heavy (non-hydrogen) atoms. The number of carbonyl (C=O) groups is 2. The first-order chi connectivity index (χ1) is 13.3. The zero-order chi connectivity index (χ0) is 21.7. The number of fused-ring (bicyclic) bond motifs is 1. The van der Waals surface area contributed by atoms with E-state index in [1.165, 1.54) is 18.2 Å². The number of halogens is 4. The monoisotopic (exact) mass is 490 g/mol. The third kappa shape index (κ3) is 3.76. The second-order valence-electron chi connectivity index (χ2n) is 6.56. The molecule has 0 spiro atoms. The van der Waals surface area contributed by atoms with Gasteiger partial charge < -0.3 is 5.32 Å². The van der Waals surface area contributed by atoms with Crippen molar-refractivity contribution in [3.8, 4) is 0 Å². The SMILES string of the molecule is CC(C)N1C(=O)c2ccc(C(=O)Nc3ccc(Br)c(C(F)(F)F)c3)cc2S1(=O)=O. The van der Waals surface area contributed by atoms with Gasteiger partial charge in [-0.2, -0.15) is 13.2 Å². The highest BCUT2D eigenvalue weighted by Gasteiger charge is 2.43. The molecule has 0 bridgehead atoms. The summed E-state index contributed by atoms with van der Waals surface area (Å²) in [6.45, 7) is 3.08. The Hall–Kier alpha value is -2.40. The number of carbonyl (C=O) groups excluding carboxylic acids is 2. The Morgan fingerprint density at radius 1 is 1.14 bits per heavy atom. The van der Waals surface area contributed by atoms with Gasteiger partial charge in [0.15, 0.2) is 0 Å². The van der Waals surface area contributed by atoms with Crippen LogP contribution in [0.15, 0.2) is 45.8 Å². The smallest absolute Gasteiger partial charge is 0.322 e. The van der Waals surface area contributed by atoms with E-state index in [-0.39, 0.29) is 26.2 Å². The van der Waals surface area contributed by atoms with E-state index in [1.54, 1.807) is 13.8 Å². The quantitative estimate of drug-likeness (QED) is 0.696. The molecule has 0 atom stereocenters. The molecule has 154 valence electrons. The molecule has 6 nitrogen and oxygen atoms in total. The number of amides is 2. The van der Waals surface area contributed by atoms with Crippen molar-refractivity contribution in [2.24, 2.45) is 0 Å². The Morgan fingerprint density at radius 3 is 2.38 bits per heavy atom. The summed E-state index contributed by atoms with van der Waals surface area (Å²) in [5, 5.41) is 2.31. The molecule has 0 unspecified atom stereocenters. The predicted octanol–water partition coefficient (Wildman–Crippen LogP) is 4.27. The Labute approximate surface area is 172 Å². The topological polar surface area (TPSA) is 83.6 Å². The molecule has 0 saturated heterocycles. The number of rotatable bonds is 3. The lowest BCUT2D eigenvalue weighted by Crippen LogP contribution is -2.36. The van der Waals surface area contributed by atoms with Gasteiger partial charge in [0, 0.05) is 21.8 Å². The van der Waals surface area contributed by atoms with Crippen LogP contribution < -0.4 is 5.32 Å². The molecule has 0 aliphatic carbocycles.